The van der Waals surface area contributed by atoms with E-state index in [2.05, 4.69) is 24.0 Å². The van der Waals surface area contributed by atoms with Crippen molar-refractivity contribution in [3.63, 3.8) is 0 Å². The lowest BCUT2D eigenvalue weighted by Gasteiger charge is -1.98. The van der Waals surface area contributed by atoms with Crippen molar-refractivity contribution in [1.29, 1.82) is 0 Å². The van der Waals surface area contributed by atoms with Gasteiger partial charge in [-0.1, -0.05) is 19.0 Å². The van der Waals surface area contributed by atoms with E-state index in [0.29, 0.717) is 11.8 Å². The lowest BCUT2D eigenvalue weighted by atomic mass is 10.1. The molecule has 1 heterocycles. The van der Waals surface area contributed by atoms with Crippen LogP contribution in [0.5, 0.6) is 0 Å². The highest BCUT2D eigenvalue weighted by Gasteiger charge is 2.45. The van der Waals surface area contributed by atoms with Crippen LogP contribution in [0.2, 0.25) is 0 Å². The Morgan fingerprint density at radius 3 is 2.77 bits per heavy atom. The Hall–Kier alpha value is -0.900. The van der Waals surface area contributed by atoms with Crippen LogP contribution in [0.1, 0.15) is 38.4 Å². The normalized spacial score (nSPS) is 19.4. The molecule has 1 aliphatic rings. The van der Waals surface area contributed by atoms with Gasteiger partial charge in [-0.3, -0.25) is 0 Å². The smallest absolute Gasteiger partial charge is 0.246 e. The Morgan fingerprint density at radius 2 is 2.23 bits per heavy atom. The third-order valence-electron chi connectivity index (χ3n) is 2.27. The first kappa shape index (κ1) is 8.69. The van der Waals surface area contributed by atoms with Crippen molar-refractivity contribution in [3.8, 4) is 0 Å². The van der Waals surface area contributed by atoms with E-state index < -0.39 is 0 Å². The zero-order valence-electron chi connectivity index (χ0n) is 8.08. The van der Waals surface area contributed by atoms with Gasteiger partial charge >= 0.3 is 0 Å². The molecule has 1 aliphatic carbocycles. The monoisotopic (exact) mass is 181 g/mol. The van der Waals surface area contributed by atoms with E-state index in [1.807, 2.05) is 0 Å². The minimum Gasteiger partial charge on any atom is -0.337 e. The molecule has 4 heteroatoms. The van der Waals surface area contributed by atoms with E-state index in [1.165, 1.54) is 0 Å². The maximum absolute atomic E-state index is 5.92. The van der Waals surface area contributed by atoms with Crippen LogP contribution < -0.4 is 5.73 Å². The van der Waals surface area contributed by atoms with E-state index in [0.717, 1.165) is 25.1 Å². The number of hydrogen-bond donors (Lipinski definition) is 1. The van der Waals surface area contributed by atoms with Crippen molar-refractivity contribution < 1.29 is 4.52 Å². The maximum atomic E-state index is 5.92. The van der Waals surface area contributed by atoms with Crippen molar-refractivity contribution >= 4 is 0 Å². The highest BCUT2D eigenvalue weighted by molar-refractivity contribution is 5.11. The lowest BCUT2D eigenvalue weighted by molar-refractivity contribution is 0.343. The molecule has 0 atom stereocenters. The van der Waals surface area contributed by atoms with Gasteiger partial charge in [0.25, 0.3) is 0 Å². The van der Waals surface area contributed by atoms with Gasteiger partial charge in [-0.2, -0.15) is 4.98 Å². The standard InChI is InChI=1S/C9H15N3O/c1-6(2)5-7-11-8(13-12-7)9(10)3-4-9/h6H,3-5,10H2,1-2H3. The van der Waals surface area contributed by atoms with Gasteiger partial charge in [-0.05, 0) is 18.8 Å². The Balaban J connectivity index is 2.09. The van der Waals surface area contributed by atoms with Crippen molar-refractivity contribution in [2.24, 2.45) is 11.7 Å². The first-order valence-corrected chi connectivity index (χ1v) is 4.72. The summed E-state index contributed by atoms with van der Waals surface area (Å²) in [4.78, 5) is 4.28. The molecule has 0 saturated heterocycles. The molecule has 0 aromatic carbocycles. The first-order valence-electron chi connectivity index (χ1n) is 4.72. The number of rotatable bonds is 3. The number of nitrogens with zero attached hydrogens (tertiary/aromatic N) is 2. The lowest BCUT2D eigenvalue weighted by Crippen LogP contribution is -2.19. The van der Waals surface area contributed by atoms with Crippen LogP contribution in [0.15, 0.2) is 4.52 Å². The summed E-state index contributed by atoms with van der Waals surface area (Å²) < 4.78 is 5.11. The maximum Gasteiger partial charge on any atom is 0.246 e. The van der Waals surface area contributed by atoms with Crippen LogP contribution in [-0.4, -0.2) is 10.1 Å². The van der Waals surface area contributed by atoms with Gasteiger partial charge in [0.15, 0.2) is 5.82 Å². The molecule has 0 radical (unpaired) electrons. The molecular weight excluding hydrogens is 166 g/mol. The Morgan fingerprint density at radius 1 is 1.54 bits per heavy atom. The van der Waals surface area contributed by atoms with Crippen molar-refractivity contribution in [3.05, 3.63) is 11.7 Å². The fourth-order valence-corrected chi connectivity index (χ4v) is 1.25. The van der Waals surface area contributed by atoms with E-state index in [9.17, 15) is 0 Å². The van der Waals surface area contributed by atoms with Gasteiger partial charge in [0, 0.05) is 6.42 Å². The van der Waals surface area contributed by atoms with Crippen LogP contribution in [0.3, 0.4) is 0 Å². The molecule has 0 amide bonds. The minimum atomic E-state index is -0.289. The number of hydrogen-bond acceptors (Lipinski definition) is 4. The summed E-state index contributed by atoms with van der Waals surface area (Å²) in [6, 6.07) is 0. The molecule has 1 saturated carbocycles. The van der Waals surface area contributed by atoms with E-state index in [1.54, 1.807) is 0 Å². The molecule has 4 nitrogen and oxygen atoms in total. The summed E-state index contributed by atoms with van der Waals surface area (Å²) in [5.74, 6) is 1.95. The second-order valence-electron chi connectivity index (χ2n) is 4.27. The van der Waals surface area contributed by atoms with Crippen LogP contribution in [-0.2, 0) is 12.0 Å². The summed E-state index contributed by atoms with van der Waals surface area (Å²) in [6.45, 7) is 4.26. The van der Waals surface area contributed by atoms with Gasteiger partial charge in [0.1, 0.15) is 0 Å². The summed E-state index contributed by atoms with van der Waals surface area (Å²) >= 11 is 0. The summed E-state index contributed by atoms with van der Waals surface area (Å²) in [7, 11) is 0. The van der Waals surface area contributed by atoms with Crippen molar-refractivity contribution in [2.45, 2.75) is 38.6 Å². The molecule has 72 valence electrons. The average Bonchev–Trinajstić information content (AvgIpc) is 2.62. The predicted octanol–water partition coefficient (Wildman–Crippen LogP) is 1.22. The molecule has 1 fully saturated rings. The first-order chi connectivity index (χ1) is 6.10. The second-order valence-corrected chi connectivity index (χ2v) is 4.27. The zero-order valence-corrected chi connectivity index (χ0v) is 8.08. The van der Waals surface area contributed by atoms with E-state index in [4.69, 9.17) is 10.3 Å². The molecule has 0 aliphatic heterocycles. The largest absolute Gasteiger partial charge is 0.337 e. The van der Waals surface area contributed by atoms with E-state index >= 15 is 0 Å². The SMILES string of the molecule is CC(C)Cc1noc(C2(N)CC2)n1. The minimum absolute atomic E-state index is 0.289. The molecule has 0 spiro atoms. The number of nitrogens with two attached hydrogens (primary N) is 1. The third-order valence-corrected chi connectivity index (χ3v) is 2.27. The van der Waals surface area contributed by atoms with Gasteiger partial charge in [-0.15, -0.1) is 0 Å². The average molecular weight is 181 g/mol. The zero-order chi connectivity index (χ0) is 9.47. The highest BCUT2D eigenvalue weighted by atomic mass is 16.5. The van der Waals surface area contributed by atoms with Crippen LogP contribution in [0, 0.1) is 5.92 Å². The van der Waals surface area contributed by atoms with Gasteiger partial charge < -0.3 is 10.3 Å². The highest BCUT2D eigenvalue weighted by Crippen LogP contribution is 2.41. The molecule has 0 bridgehead atoms. The Kier molecular flexibility index (Phi) is 1.87. The fraction of sp³-hybridized carbons (Fsp3) is 0.778. The van der Waals surface area contributed by atoms with Crippen LogP contribution >= 0.6 is 0 Å². The van der Waals surface area contributed by atoms with Crippen LogP contribution in [0.25, 0.3) is 0 Å². The molecule has 2 N–H and O–H groups in total. The van der Waals surface area contributed by atoms with Gasteiger partial charge in [-0.25, -0.2) is 0 Å². The summed E-state index contributed by atoms with van der Waals surface area (Å²) in [5, 5.41) is 3.90. The predicted molar refractivity (Wildman–Crippen MR) is 47.9 cm³/mol. The molecule has 2 rings (SSSR count). The Labute approximate surface area is 77.5 Å². The summed E-state index contributed by atoms with van der Waals surface area (Å²) in [6.07, 6.45) is 2.80. The molecular formula is C9H15N3O. The second kappa shape index (κ2) is 2.80. The molecule has 0 unspecified atom stereocenters. The topological polar surface area (TPSA) is 64.9 Å². The van der Waals surface area contributed by atoms with Crippen molar-refractivity contribution in [2.75, 3.05) is 0 Å². The molecule has 1 aromatic rings. The third kappa shape index (κ3) is 1.72. The molecule has 1 aromatic heterocycles. The fourth-order valence-electron chi connectivity index (χ4n) is 1.25. The molecule has 13 heavy (non-hydrogen) atoms. The van der Waals surface area contributed by atoms with Crippen LogP contribution in [0.4, 0.5) is 0 Å². The Bertz CT molecular complexity index is 302. The van der Waals surface area contributed by atoms with E-state index in [-0.39, 0.29) is 5.54 Å². The number of aromatic nitrogens is 2. The quantitative estimate of drug-likeness (QED) is 0.761. The van der Waals surface area contributed by atoms with Crippen molar-refractivity contribution in [1.82, 2.24) is 10.1 Å². The van der Waals surface area contributed by atoms with Gasteiger partial charge in [0.05, 0.1) is 5.54 Å². The van der Waals surface area contributed by atoms with Gasteiger partial charge in [0.2, 0.25) is 5.89 Å². The summed E-state index contributed by atoms with van der Waals surface area (Å²) in [5.41, 5.74) is 5.63.